The van der Waals surface area contributed by atoms with E-state index in [1.54, 1.807) is 48.8 Å². The number of hydrogen-bond acceptors (Lipinski definition) is 8. The summed E-state index contributed by atoms with van der Waals surface area (Å²) < 4.78 is 0. The topological polar surface area (TPSA) is 148 Å². The van der Waals surface area contributed by atoms with Crippen LogP contribution in [0.1, 0.15) is 100 Å². The van der Waals surface area contributed by atoms with Crippen molar-refractivity contribution in [2.75, 3.05) is 37.8 Å². The monoisotopic (exact) mass is 950 g/mol. The highest BCUT2D eigenvalue weighted by atomic mass is 35.5. The average molecular weight is 952 g/mol. The zero-order valence-electron chi connectivity index (χ0n) is 38.7. The molecular weight excluding hydrogens is 896 g/mol. The summed E-state index contributed by atoms with van der Waals surface area (Å²) in [6.45, 7) is 7.11. The van der Waals surface area contributed by atoms with Gasteiger partial charge in [0.25, 0.3) is 23.6 Å². The highest BCUT2D eigenvalue weighted by Gasteiger charge is 2.18. The average Bonchev–Trinajstić information content (AvgIpc) is 3.31. The van der Waals surface area contributed by atoms with E-state index in [4.69, 9.17) is 23.2 Å². The standard InChI is InChI=1S/C54H56Cl2N8O4/c1-37-13-9-15-39(27-37)33-57-61-53(67)47-31-45(55)21-23-49(47)59-51(65)43-19-11-17-41(29-43)35-63(3)25-7-5-6-8-26-64(4)36-42-18-12-20-44(30-42)52(66)60-50-24-22-46(56)32-48(50)54(68)62-58-34-40-16-10-14-38(2)28-40/h9-24,27-34H,5-8,25-26,35-36H2,1-4H3,(H,59,65)(H,60,66)(H,61,67)(H,62,68). The van der Waals surface area contributed by atoms with E-state index < -0.39 is 11.8 Å². The van der Waals surface area contributed by atoms with E-state index in [0.717, 1.165) is 72.2 Å². The molecule has 12 nitrogen and oxygen atoms in total. The number of nitrogens with one attached hydrogen (secondary N) is 4. The third kappa shape index (κ3) is 15.8. The number of benzene rings is 6. The van der Waals surface area contributed by atoms with Crippen LogP contribution in [-0.2, 0) is 13.1 Å². The number of aryl methyl sites for hydroxylation is 2. The van der Waals surface area contributed by atoms with Crippen molar-refractivity contribution >= 4 is 70.6 Å². The van der Waals surface area contributed by atoms with Gasteiger partial charge in [-0.25, -0.2) is 10.9 Å². The number of hydrazone groups is 2. The molecule has 0 heterocycles. The number of rotatable bonds is 21. The number of anilines is 2. The van der Waals surface area contributed by atoms with Crippen molar-refractivity contribution in [3.05, 3.63) is 199 Å². The molecule has 68 heavy (non-hydrogen) atoms. The van der Waals surface area contributed by atoms with Crippen LogP contribution in [0.2, 0.25) is 10.0 Å². The minimum Gasteiger partial charge on any atom is -0.321 e. The lowest BCUT2D eigenvalue weighted by molar-refractivity contribution is 0.0947. The maximum Gasteiger partial charge on any atom is 0.273 e. The van der Waals surface area contributed by atoms with Gasteiger partial charge in [-0.1, -0.05) is 120 Å². The summed E-state index contributed by atoms with van der Waals surface area (Å²) in [4.78, 5) is 57.5. The summed E-state index contributed by atoms with van der Waals surface area (Å²) in [6, 6.07) is 39.8. The first-order valence-corrected chi connectivity index (χ1v) is 23.1. The van der Waals surface area contributed by atoms with Crippen LogP contribution in [0, 0.1) is 13.8 Å². The number of halogens is 2. The SMILES string of the molecule is Cc1cccc(C=NNC(=O)c2cc(Cl)ccc2NC(=O)c2cccc(CN(C)CCCCCCN(C)Cc3cccc(C(=O)Nc4ccc(Cl)cc4C(=O)NN=Cc4cccc(C)c4)c3)c2)c1. The van der Waals surface area contributed by atoms with E-state index >= 15 is 0 Å². The summed E-state index contributed by atoms with van der Waals surface area (Å²) in [6.07, 6.45) is 7.34. The summed E-state index contributed by atoms with van der Waals surface area (Å²) in [7, 11) is 4.15. The quantitative estimate of drug-likeness (QED) is 0.0321. The Labute approximate surface area is 408 Å². The summed E-state index contributed by atoms with van der Waals surface area (Å²) in [5.41, 5.74) is 12.9. The number of hydrogen-bond donors (Lipinski definition) is 4. The van der Waals surface area contributed by atoms with Gasteiger partial charge in [0.15, 0.2) is 0 Å². The highest BCUT2D eigenvalue weighted by Crippen LogP contribution is 2.24. The number of nitrogens with zero attached hydrogens (tertiary/aromatic N) is 4. The number of carbonyl (C=O) groups is 4. The molecule has 4 amide bonds. The summed E-state index contributed by atoms with van der Waals surface area (Å²) in [5, 5.41) is 14.6. The van der Waals surface area contributed by atoms with Crippen LogP contribution in [0.25, 0.3) is 0 Å². The molecule has 0 aliphatic carbocycles. The Morgan fingerprint density at radius 3 is 1.32 bits per heavy atom. The lowest BCUT2D eigenvalue weighted by atomic mass is 10.1. The first kappa shape index (κ1) is 50.5. The first-order valence-electron chi connectivity index (χ1n) is 22.4. The maximum atomic E-state index is 13.4. The Bertz CT molecular complexity index is 2610. The summed E-state index contributed by atoms with van der Waals surface area (Å²) in [5.74, 6) is -1.69. The van der Waals surface area contributed by atoms with Gasteiger partial charge in [-0.2, -0.15) is 10.2 Å². The van der Waals surface area contributed by atoms with Crippen LogP contribution in [-0.4, -0.2) is 73.0 Å². The second kappa shape index (κ2) is 25.3. The van der Waals surface area contributed by atoms with Crippen LogP contribution in [0.3, 0.4) is 0 Å². The van der Waals surface area contributed by atoms with Gasteiger partial charge in [0.1, 0.15) is 0 Å². The van der Waals surface area contributed by atoms with E-state index in [2.05, 4.69) is 55.6 Å². The van der Waals surface area contributed by atoms with Crippen LogP contribution >= 0.6 is 23.2 Å². The minimum absolute atomic E-state index is 0.193. The van der Waals surface area contributed by atoms with E-state index in [1.165, 1.54) is 12.1 Å². The fourth-order valence-corrected chi connectivity index (χ4v) is 7.83. The zero-order chi connectivity index (χ0) is 48.4. The molecule has 4 N–H and O–H groups in total. The Kier molecular flexibility index (Phi) is 18.7. The van der Waals surface area contributed by atoms with E-state index in [0.29, 0.717) is 45.6 Å². The van der Waals surface area contributed by atoms with Crippen molar-refractivity contribution in [2.45, 2.75) is 52.6 Å². The van der Waals surface area contributed by atoms with Crippen LogP contribution in [0.15, 0.2) is 144 Å². The summed E-state index contributed by atoms with van der Waals surface area (Å²) >= 11 is 12.5. The molecule has 0 aromatic heterocycles. The Morgan fingerprint density at radius 1 is 0.500 bits per heavy atom. The van der Waals surface area contributed by atoms with Gasteiger partial charge in [-0.05, 0) is 137 Å². The van der Waals surface area contributed by atoms with Gasteiger partial charge in [0.05, 0.1) is 34.9 Å². The minimum atomic E-state index is -0.503. The Morgan fingerprint density at radius 2 is 0.912 bits per heavy atom. The Balaban J connectivity index is 0.907. The molecule has 350 valence electrons. The van der Waals surface area contributed by atoms with Gasteiger partial charge in [0, 0.05) is 34.3 Å². The lowest BCUT2D eigenvalue weighted by Gasteiger charge is -2.18. The maximum absolute atomic E-state index is 13.4. The van der Waals surface area contributed by atoms with Crippen LogP contribution in [0.5, 0.6) is 0 Å². The molecule has 0 saturated heterocycles. The van der Waals surface area contributed by atoms with E-state index in [9.17, 15) is 19.2 Å². The molecule has 0 aliphatic heterocycles. The smallest absolute Gasteiger partial charge is 0.273 e. The molecule has 0 fully saturated rings. The largest absolute Gasteiger partial charge is 0.321 e. The normalized spacial score (nSPS) is 11.4. The van der Waals surface area contributed by atoms with Crippen LogP contribution in [0.4, 0.5) is 11.4 Å². The van der Waals surface area contributed by atoms with Crippen molar-refractivity contribution in [3.8, 4) is 0 Å². The van der Waals surface area contributed by atoms with Crippen molar-refractivity contribution in [3.63, 3.8) is 0 Å². The fraction of sp³-hybridized carbons (Fsp3) is 0.222. The van der Waals surface area contributed by atoms with Crippen molar-refractivity contribution < 1.29 is 19.2 Å². The van der Waals surface area contributed by atoms with Crippen molar-refractivity contribution in [2.24, 2.45) is 10.2 Å². The predicted molar refractivity (Wildman–Crippen MR) is 275 cm³/mol. The van der Waals surface area contributed by atoms with Gasteiger partial charge in [-0.3, -0.25) is 19.2 Å². The molecule has 14 heteroatoms. The molecule has 0 bridgehead atoms. The fourth-order valence-electron chi connectivity index (χ4n) is 7.49. The third-order valence-electron chi connectivity index (χ3n) is 10.9. The molecule has 0 atom stereocenters. The van der Waals surface area contributed by atoms with Gasteiger partial charge in [-0.15, -0.1) is 0 Å². The highest BCUT2D eigenvalue weighted by molar-refractivity contribution is 6.31. The predicted octanol–water partition coefficient (Wildman–Crippen LogP) is 10.8. The molecular formula is C54H56Cl2N8O4. The molecule has 6 rings (SSSR count). The van der Waals surface area contributed by atoms with Gasteiger partial charge < -0.3 is 20.4 Å². The molecule has 6 aromatic carbocycles. The first-order chi connectivity index (χ1) is 32.8. The molecule has 0 saturated carbocycles. The number of carbonyl (C=O) groups excluding carboxylic acids is 4. The second-order valence-electron chi connectivity index (χ2n) is 16.8. The van der Waals surface area contributed by atoms with E-state index in [1.807, 2.05) is 98.8 Å². The molecule has 0 aliphatic rings. The van der Waals surface area contributed by atoms with Gasteiger partial charge >= 0.3 is 0 Å². The van der Waals surface area contributed by atoms with Gasteiger partial charge in [0.2, 0.25) is 0 Å². The number of unbranched alkanes of at least 4 members (excludes halogenated alkanes) is 3. The number of amides is 4. The molecule has 0 unspecified atom stereocenters. The van der Waals surface area contributed by atoms with E-state index in [-0.39, 0.29) is 22.9 Å². The zero-order valence-corrected chi connectivity index (χ0v) is 40.2. The third-order valence-corrected chi connectivity index (χ3v) is 11.4. The molecule has 0 spiro atoms. The Hall–Kier alpha value is -6.96. The second-order valence-corrected chi connectivity index (χ2v) is 17.7. The molecule has 0 radical (unpaired) electrons. The lowest BCUT2D eigenvalue weighted by Crippen LogP contribution is -2.22. The van der Waals surface area contributed by atoms with Crippen molar-refractivity contribution in [1.82, 2.24) is 20.7 Å². The van der Waals surface area contributed by atoms with Crippen molar-refractivity contribution in [1.29, 1.82) is 0 Å². The molecule has 6 aromatic rings. The van der Waals surface area contributed by atoms with Crippen LogP contribution < -0.4 is 21.5 Å².